The van der Waals surface area contributed by atoms with Gasteiger partial charge in [0.2, 0.25) is 0 Å². The molecule has 0 bridgehead atoms. The van der Waals surface area contributed by atoms with Crippen molar-refractivity contribution in [2.24, 2.45) is 5.92 Å². The van der Waals surface area contributed by atoms with Crippen molar-refractivity contribution >= 4 is 10.9 Å². The monoisotopic (exact) mass is 454 g/mol. The molecule has 2 saturated heterocycles. The molecule has 0 amide bonds. The van der Waals surface area contributed by atoms with Crippen molar-refractivity contribution in [2.45, 2.75) is 38.1 Å². The van der Waals surface area contributed by atoms with Gasteiger partial charge in [-0.2, -0.15) is 5.10 Å². The number of likely N-dealkylation sites (tertiary alicyclic amines) is 2. The van der Waals surface area contributed by atoms with Crippen LogP contribution in [0.15, 0.2) is 67.4 Å². The highest BCUT2D eigenvalue weighted by atomic mass is 15.3. The average Bonchev–Trinajstić information content (AvgIpc) is 3.65. The molecule has 0 aliphatic carbocycles. The first-order chi connectivity index (χ1) is 16.8. The lowest BCUT2D eigenvalue weighted by molar-refractivity contribution is 0.125. The van der Waals surface area contributed by atoms with Crippen molar-refractivity contribution in [3.8, 4) is 5.69 Å². The summed E-state index contributed by atoms with van der Waals surface area (Å²) in [5.41, 5.74) is 5.14. The lowest BCUT2D eigenvalue weighted by atomic mass is 9.94. The second-order valence-electron chi connectivity index (χ2n) is 10.0. The number of nitrogens with one attached hydrogen (secondary N) is 1. The molecule has 6 heteroatoms. The molecule has 2 aliphatic heterocycles. The van der Waals surface area contributed by atoms with Crippen LogP contribution in [0.4, 0.5) is 0 Å². The van der Waals surface area contributed by atoms with Crippen molar-refractivity contribution in [2.75, 3.05) is 32.7 Å². The Hall–Kier alpha value is -2.96. The lowest BCUT2D eigenvalue weighted by Crippen LogP contribution is -2.38. The number of aromatic amines is 1. The highest BCUT2D eigenvalue weighted by Crippen LogP contribution is 2.32. The van der Waals surface area contributed by atoms with E-state index in [1.165, 1.54) is 73.9 Å². The van der Waals surface area contributed by atoms with Gasteiger partial charge in [0.05, 0.1) is 5.69 Å². The van der Waals surface area contributed by atoms with Crippen LogP contribution in [0.5, 0.6) is 0 Å². The number of fused-ring (bicyclic) bond motifs is 1. The predicted molar refractivity (Wildman–Crippen MR) is 136 cm³/mol. The van der Waals surface area contributed by atoms with Crippen LogP contribution in [0.2, 0.25) is 0 Å². The average molecular weight is 455 g/mol. The number of piperidine rings is 1. The summed E-state index contributed by atoms with van der Waals surface area (Å²) < 4.78 is 1.82. The van der Waals surface area contributed by atoms with Gasteiger partial charge in [0.25, 0.3) is 0 Å². The predicted octanol–water partition coefficient (Wildman–Crippen LogP) is 4.84. The quantitative estimate of drug-likeness (QED) is 0.434. The molecule has 6 rings (SSSR count). The van der Waals surface area contributed by atoms with Crippen molar-refractivity contribution in [3.63, 3.8) is 0 Å². The topological polar surface area (TPSA) is 53.0 Å². The normalized spacial score (nSPS) is 22.0. The van der Waals surface area contributed by atoms with Crippen LogP contribution in [-0.2, 0) is 6.42 Å². The molecule has 1 N–H and O–H groups in total. The molecule has 2 fully saturated rings. The number of hydrogen-bond acceptors (Lipinski definition) is 4. The summed E-state index contributed by atoms with van der Waals surface area (Å²) >= 11 is 0. The van der Waals surface area contributed by atoms with Crippen molar-refractivity contribution in [1.29, 1.82) is 0 Å². The summed E-state index contributed by atoms with van der Waals surface area (Å²) in [6.07, 6.45) is 11.9. The van der Waals surface area contributed by atoms with Crippen LogP contribution in [0.1, 0.15) is 42.9 Å². The van der Waals surface area contributed by atoms with Crippen LogP contribution >= 0.6 is 0 Å². The summed E-state index contributed by atoms with van der Waals surface area (Å²) in [5.74, 6) is 0.784. The second kappa shape index (κ2) is 9.72. The number of H-pyrrole nitrogens is 1. The van der Waals surface area contributed by atoms with Gasteiger partial charge in [0, 0.05) is 42.8 Å². The Kier molecular flexibility index (Phi) is 6.17. The summed E-state index contributed by atoms with van der Waals surface area (Å²) in [6, 6.07) is 18.2. The van der Waals surface area contributed by atoms with Crippen LogP contribution in [0.25, 0.3) is 16.6 Å². The highest BCUT2D eigenvalue weighted by Gasteiger charge is 2.29. The SMILES string of the molecule is c1ccc(C2CCCCN2C[C@@H]2CCN(CCc3c[nH]c4ccc(-n5cncn5)cc34)C2)cc1. The summed E-state index contributed by atoms with van der Waals surface area (Å²) in [7, 11) is 0. The van der Waals surface area contributed by atoms with Gasteiger partial charge in [0.1, 0.15) is 12.7 Å². The molecule has 2 atom stereocenters. The van der Waals surface area contributed by atoms with Crippen LogP contribution in [-0.4, -0.2) is 62.3 Å². The third-order valence-corrected chi connectivity index (χ3v) is 7.79. The van der Waals surface area contributed by atoms with Gasteiger partial charge in [-0.15, -0.1) is 0 Å². The van der Waals surface area contributed by atoms with Gasteiger partial charge in [-0.25, -0.2) is 9.67 Å². The van der Waals surface area contributed by atoms with E-state index in [-0.39, 0.29) is 0 Å². The zero-order chi connectivity index (χ0) is 22.7. The maximum Gasteiger partial charge on any atom is 0.138 e. The molecule has 176 valence electrons. The van der Waals surface area contributed by atoms with Crippen LogP contribution < -0.4 is 0 Å². The Morgan fingerprint density at radius 3 is 2.82 bits per heavy atom. The molecular formula is C28H34N6. The molecule has 2 aromatic heterocycles. The van der Waals surface area contributed by atoms with E-state index in [0.717, 1.165) is 24.6 Å². The maximum atomic E-state index is 4.28. The van der Waals surface area contributed by atoms with E-state index in [1.54, 1.807) is 12.7 Å². The molecule has 0 spiro atoms. The number of rotatable bonds is 7. The van der Waals surface area contributed by atoms with Gasteiger partial charge in [-0.1, -0.05) is 36.8 Å². The number of benzene rings is 2. The molecule has 1 unspecified atom stereocenters. The standard InChI is InChI=1S/C28H34N6/c1-2-6-23(7-3-1)28-8-4-5-13-33(28)19-22-11-14-32(18-22)15-12-24-17-30-27-10-9-25(16-26(24)27)34-21-29-20-31-34/h1-3,6-7,9-10,16-17,20-22,28,30H,4-5,8,11-15,18-19H2/t22-,28?/m1/s1. The first-order valence-corrected chi connectivity index (χ1v) is 12.8. The molecule has 0 radical (unpaired) electrons. The fourth-order valence-electron chi connectivity index (χ4n) is 5.99. The minimum Gasteiger partial charge on any atom is -0.361 e. The molecule has 4 heterocycles. The van der Waals surface area contributed by atoms with E-state index in [2.05, 4.69) is 79.6 Å². The van der Waals surface area contributed by atoms with Gasteiger partial charge < -0.3 is 9.88 Å². The van der Waals surface area contributed by atoms with Gasteiger partial charge in [-0.05, 0) is 74.0 Å². The fourth-order valence-corrected chi connectivity index (χ4v) is 5.99. The van der Waals surface area contributed by atoms with Gasteiger partial charge >= 0.3 is 0 Å². The van der Waals surface area contributed by atoms with Crippen molar-refractivity contribution < 1.29 is 0 Å². The first kappa shape index (κ1) is 21.6. The fraction of sp³-hybridized carbons (Fsp3) is 0.429. The lowest BCUT2D eigenvalue weighted by Gasteiger charge is -2.37. The van der Waals surface area contributed by atoms with Crippen LogP contribution in [0, 0.1) is 5.92 Å². The Morgan fingerprint density at radius 1 is 1.00 bits per heavy atom. The molecule has 2 aliphatic rings. The number of nitrogens with zero attached hydrogens (tertiary/aromatic N) is 5. The summed E-state index contributed by atoms with van der Waals surface area (Å²) in [4.78, 5) is 13.0. The molecule has 2 aromatic carbocycles. The Morgan fingerprint density at radius 2 is 1.94 bits per heavy atom. The minimum atomic E-state index is 0.606. The van der Waals surface area contributed by atoms with E-state index in [4.69, 9.17) is 0 Å². The van der Waals surface area contributed by atoms with E-state index in [9.17, 15) is 0 Å². The zero-order valence-electron chi connectivity index (χ0n) is 19.8. The van der Waals surface area contributed by atoms with E-state index < -0.39 is 0 Å². The Labute approximate surface area is 201 Å². The van der Waals surface area contributed by atoms with Crippen molar-refractivity contribution in [1.82, 2.24) is 29.5 Å². The Bertz CT molecular complexity index is 1200. The largest absolute Gasteiger partial charge is 0.361 e. The first-order valence-electron chi connectivity index (χ1n) is 12.8. The summed E-state index contributed by atoms with van der Waals surface area (Å²) in [6.45, 7) is 6.06. The van der Waals surface area contributed by atoms with Gasteiger partial charge in [0.15, 0.2) is 0 Å². The van der Waals surface area contributed by atoms with Crippen LogP contribution in [0.3, 0.4) is 0 Å². The summed E-state index contributed by atoms with van der Waals surface area (Å²) in [5, 5.41) is 5.57. The minimum absolute atomic E-state index is 0.606. The molecule has 0 saturated carbocycles. The number of aromatic nitrogens is 4. The van der Waals surface area contributed by atoms with Gasteiger partial charge in [-0.3, -0.25) is 4.90 Å². The van der Waals surface area contributed by atoms with E-state index >= 15 is 0 Å². The van der Waals surface area contributed by atoms with Crippen molar-refractivity contribution in [3.05, 3.63) is 78.5 Å². The highest BCUT2D eigenvalue weighted by molar-refractivity contribution is 5.85. The van der Waals surface area contributed by atoms with E-state index in [1.807, 2.05) is 4.68 Å². The molecule has 34 heavy (non-hydrogen) atoms. The smallest absolute Gasteiger partial charge is 0.138 e. The second-order valence-corrected chi connectivity index (χ2v) is 10.0. The zero-order valence-corrected chi connectivity index (χ0v) is 19.8. The van der Waals surface area contributed by atoms with E-state index in [0.29, 0.717) is 6.04 Å². The Balaban J connectivity index is 1.07. The third kappa shape index (κ3) is 4.52. The molecule has 4 aromatic rings. The third-order valence-electron chi connectivity index (χ3n) is 7.79. The molecular weight excluding hydrogens is 420 g/mol. The maximum absolute atomic E-state index is 4.28. The number of hydrogen-bond donors (Lipinski definition) is 1. The molecule has 6 nitrogen and oxygen atoms in total.